The zero-order chi connectivity index (χ0) is 41.7. The highest BCUT2D eigenvalue weighted by atomic mass is 32.1. The van der Waals surface area contributed by atoms with Gasteiger partial charge in [0.2, 0.25) is 11.8 Å². The van der Waals surface area contributed by atoms with Crippen molar-refractivity contribution in [3.05, 3.63) is 124 Å². The summed E-state index contributed by atoms with van der Waals surface area (Å²) >= 11 is 1.47. The molecule has 15 heteroatoms. The fraction of sp³-hybridized carbons (Fsp3) is 0.364. The van der Waals surface area contributed by atoms with E-state index in [4.69, 9.17) is 4.98 Å². The number of likely N-dealkylation sites (N-methyl/N-ethyl adjacent to an activating group) is 1. The van der Waals surface area contributed by atoms with Crippen molar-refractivity contribution in [2.24, 2.45) is 0 Å². The molecule has 0 spiro atoms. The Kier molecular flexibility index (Phi) is 15.2. The third-order valence-corrected chi connectivity index (χ3v) is 11.6. The minimum absolute atomic E-state index is 0.00945. The second-order valence-corrected chi connectivity index (χ2v) is 16.0. The summed E-state index contributed by atoms with van der Waals surface area (Å²) in [7, 11) is 1.97. The molecule has 14 nitrogen and oxygen atoms in total. The van der Waals surface area contributed by atoms with Gasteiger partial charge in [0.25, 0.3) is 0 Å². The number of nitrogens with one attached hydrogen (secondary N) is 2. The van der Waals surface area contributed by atoms with Crippen LogP contribution in [0.1, 0.15) is 16.8 Å². The first-order valence-electron chi connectivity index (χ1n) is 19.8. The number of carboxylic acids is 2. The van der Waals surface area contributed by atoms with Gasteiger partial charge in [-0.15, -0.1) is 11.3 Å². The number of amides is 2. The quantitative estimate of drug-likeness (QED) is 0.121. The number of hydrogen-bond acceptors (Lipinski definition) is 11. The Balaban J connectivity index is 1.18. The highest BCUT2D eigenvalue weighted by molar-refractivity contribution is 7.24. The number of benzene rings is 3. The van der Waals surface area contributed by atoms with Gasteiger partial charge in [0.1, 0.15) is 16.9 Å². The summed E-state index contributed by atoms with van der Waals surface area (Å²) in [4.78, 5) is 78.3. The van der Waals surface area contributed by atoms with E-state index in [9.17, 15) is 34.2 Å². The Morgan fingerprint density at radius 3 is 1.63 bits per heavy atom. The van der Waals surface area contributed by atoms with Crippen molar-refractivity contribution in [3.63, 3.8) is 0 Å². The number of aliphatic carboxylic acids is 2. The van der Waals surface area contributed by atoms with E-state index in [1.165, 1.54) is 11.3 Å². The van der Waals surface area contributed by atoms with Gasteiger partial charge in [-0.3, -0.25) is 29.1 Å². The largest absolute Gasteiger partial charge is 0.480 e. The van der Waals surface area contributed by atoms with Crippen molar-refractivity contribution in [2.75, 3.05) is 72.5 Å². The molecule has 5 aromatic rings. The van der Waals surface area contributed by atoms with Crippen molar-refractivity contribution < 1.29 is 29.4 Å². The number of carbonyl (C=O) groups excluding carboxylic acids is 2. The smallest absolute Gasteiger partial charge is 0.326 e. The van der Waals surface area contributed by atoms with E-state index in [-0.39, 0.29) is 43.2 Å². The summed E-state index contributed by atoms with van der Waals surface area (Å²) in [6.45, 7) is 4.75. The van der Waals surface area contributed by atoms with E-state index in [1.807, 2.05) is 114 Å². The summed E-state index contributed by atoms with van der Waals surface area (Å²) in [5, 5.41) is 26.5. The SMILES string of the molecule is CN1CCN(CC(=O)N[C@H](Cc2ccccc2)C(=O)O)CCN(Cc2ccc3c(=O)c4ccccc4sc3n2)CCN(CC(=O)N[C@H](Cc2ccccc2)C(=O)O)CC1. The molecule has 3 aromatic carbocycles. The summed E-state index contributed by atoms with van der Waals surface area (Å²) < 4.78 is 0.858. The molecule has 1 fully saturated rings. The average Bonchev–Trinajstić information content (AvgIpc) is 3.22. The molecule has 0 saturated carbocycles. The van der Waals surface area contributed by atoms with Crippen LogP contribution in [-0.2, 0) is 38.6 Å². The summed E-state index contributed by atoms with van der Waals surface area (Å²) in [5.74, 6) is -2.96. The minimum atomic E-state index is -1.10. The maximum Gasteiger partial charge on any atom is 0.326 e. The summed E-state index contributed by atoms with van der Waals surface area (Å²) in [6, 6.07) is 27.4. The number of carboxylic acid groups (broad SMARTS) is 2. The number of carbonyl (C=O) groups is 4. The lowest BCUT2D eigenvalue weighted by Crippen LogP contribution is -2.51. The summed E-state index contributed by atoms with van der Waals surface area (Å²) in [6.07, 6.45) is 0.334. The van der Waals surface area contributed by atoms with Crippen molar-refractivity contribution in [1.29, 1.82) is 0 Å². The molecule has 0 unspecified atom stereocenters. The topological polar surface area (TPSA) is 176 Å². The van der Waals surface area contributed by atoms with Gasteiger partial charge in [0, 0.05) is 81.8 Å². The number of pyridine rings is 1. The molecule has 2 amide bonds. The van der Waals surface area contributed by atoms with Crippen LogP contribution in [0.2, 0.25) is 0 Å². The molecule has 4 N–H and O–H groups in total. The van der Waals surface area contributed by atoms with Crippen LogP contribution in [0.4, 0.5) is 0 Å². The molecule has 310 valence electrons. The fourth-order valence-electron chi connectivity index (χ4n) is 7.14. The van der Waals surface area contributed by atoms with Crippen molar-refractivity contribution in [3.8, 4) is 0 Å². The highest BCUT2D eigenvalue weighted by Gasteiger charge is 2.25. The fourth-order valence-corrected chi connectivity index (χ4v) is 8.20. The van der Waals surface area contributed by atoms with E-state index in [1.54, 1.807) is 0 Å². The van der Waals surface area contributed by atoms with Gasteiger partial charge in [-0.1, -0.05) is 72.8 Å². The molecule has 0 aliphatic carbocycles. The molecular formula is C44H51N7O7S. The third kappa shape index (κ3) is 12.7. The van der Waals surface area contributed by atoms with Crippen LogP contribution >= 0.6 is 11.3 Å². The first kappa shape index (κ1) is 43.0. The average molecular weight is 822 g/mol. The molecule has 0 radical (unpaired) electrons. The lowest BCUT2D eigenvalue weighted by molar-refractivity contribution is -0.142. The lowest BCUT2D eigenvalue weighted by atomic mass is 10.1. The Bertz CT molecular complexity index is 2190. The number of aromatic nitrogens is 1. The van der Waals surface area contributed by atoms with Gasteiger partial charge in [-0.2, -0.15) is 0 Å². The monoisotopic (exact) mass is 821 g/mol. The Labute approximate surface area is 347 Å². The van der Waals surface area contributed by atoms with Crippen LogP contribution in [0.3, 0.4) is 0 Å². The molecule has 6 rings (SSSR count). The maximum absolute atomic E-state index is 13.4. The van der Waals surface area contributed by atoms with Gasteiger partial charge in [0.15, 0.2) is 5.43 Å². The highest BCUT2D eigenvalue weighted by Crippen LogP contribution is 2.23. The van der Waals surface area contributed by atoms with Crippen molar-refractivity contribution >= 4 is 55.4 Å². The van der Waals surface area contributed by atoms with E-state index in [0.29, 0.717) is 74.5 Å². The number of hydrogen-bond donors (Lipinski definition) is 4. The molecule has 2 aromatic heterocycles. The number of fused-ring (bicyclic) bond motifs is 2. The van der Waals surface area contributed by atoms with Gasteiger partial charge in [-0.25, -0.2) is 14.6 Å². The molecule has 0 bridgehead atoms. The van der Waals surface area contributed by atoms with E-state index in [2.05, 4.69) is 20.4 Å². The van der Waals surface area contributed by atoms with Crippen LogP contribution in [0.5, 0.6) is 0 Å². The molecular weight excluding hydrogens is 771 g/mol. The zero-order valence-electron chi connectivity index (χ0n) is 33.2. The standard InChI is InChI=1S/C44H51N7O7S/c1-48-18-20-50(29-39(52)46-36(43(55)56)26-31-10-4-2-5-11-31)24-22-49(28-33-16-17-35-41(54)34-14-8-9-15-38(34)59-42(35)45-33)23-25-51(21-19-48)30-40(53)47-37(44(57)58)27-32-12-6-3-7-13-32/h2-17,36-37H,18-30H2,1H3,(H,46,52)(H,47,53)(H,55,56)(H,57,58)/t36-,37-/m1/s1. The summed E-state index contributed by atoms with van der Waals surface area (Å²) in [5.41, 5.74) is 2.33. The Morgan fingerprint density at radius 1 is 0.627 bits per heavy atom. The first-order valence-corrected chi connectivity index (χ1v) is 20.6. The molecule has 2 atom stereocenters. The van der Waals surface area contributed by atoms with Gasteiger partial charge >= 0.3 is 11.9 Å². The van der Waals surface area contributed by atoms with Gasteiger partial charge < -0.3 is 25.7 Å². The van der Waals surface area contributed by atoms with Gasteiger partial charge in [-0.05, 0) is 42.4 Å². The second-order valence-electron chi connectivity index (χ2n) is 15.0. The lowest BCUT2D eigenvalue weighted by Gasteiger charge is -2.33. The Morgan fingerprint density at radius 2 is 1.10 bits per heavy atom. The zero-order valence-corrected chi connectivity index (χ0v) is 34.0. The molecule has 1 aliphatic rings. The van der Waals surface area contributed by atoms with Crippen molar-refractivity contribution in [2.45, 2.75) is 31.5 Å². The molecule has 3 heterocycles. The second kappa shape index (κ2) is 20.9. The predicted octanol–water partition coefficient (Wildman–Crippen LogP) is 2.79. The number of rotatable bonds is 14. The van der Waals surface area contributed by atoms with Crippen LogP contribution in [0.25, 0.3) is 20.3 Å². The van der Waals surface area contributed by atoms with E-state index in [0.717, 1.165) is 21.5 Å². The molecule has 1 aliphatic heterocycles. The number of nitrogens with zero attached hydrogens (tertiary/aromatic N) is 5. The van der Waals surface area contributed by atoms with Crippen LogP contribution < -0.4 is 16.1 Å². The van der Waals surface area contributed by atoms with Crippen LogP contribution in [0, 0.1) is 0 Å². The molecule has 59 heavy (non-hydrogen) atoms. The van der Waals surface area contributed by atoms with Crippen molar-refractivity contribution in [1.82, 2.24) is 35.2 Å². The first-order chi connectivity index (χ1) is 28.5. The van der Waals surface area contributed by atoms with E-state index < -0.39 is 24.0 Å². The third-order valence-electron chi connectivity index (χ3n) is 10.5. The predicted molar refractivity (Wildman–Crippen MR) is 228 cm³/mol. The minimum Gasteiger partial charge on any atom is -0.480 e. The Hall–Kier alpha value is -5.58. The van der Waals surface area contributed by atoms with Crippen LogP contribution in [-0.4, -0.2) is 143 Å². The molecule has 1 saturated heterocycles. The maximum atomic E-state index is 13.4. The normalized spacial score (nSPS) is 16.4. The van der Waals surface area contributed by atoms with Crippen LogP contribution in [0.15, 0.2) is 102 Å². The van der Waals surface area contributed by atoms with Gasteiger partial charge in [0.05, 0.1) is 24.2 Å². The van der Waals surface area contributed by atoms with E-state index >= 15 is 0 Å².